The molecule has 1 aliphatic carbocycles. The largest absolute Gasteiger partial charge is 0.311 e. The SMILES string of the molecule is CC1CCCC(NC(C)Cc2c(F)cccc2F)C1. The lowest BCUT2D eigenvalue weighted by atomic mass is 9.86. The molecule has 1 saturated carbocycles. The summed E-state index contributed by atoms with van der Waals surface area (Å²) in [5.74, 6) is -0.125. The number of benzene rings is 1. The van der Waals surface area contributed by atoms with Gasteiger partial charge in [0.05, 0.1) is 0 Å². The van der Waals surface area contributed by atoms with E-state index >= 15 is 0 Å². The lowest BCUT2D eigenvalue weighted by molar-refractivity contribution is 0.282. The van der Waals surface area contributed by atoms with Gasteiger partial charge in [0.25, 0.3) is 0 Å². The van der Waals surface area contributed by atoms with Crippen LogP contribution in [0, 0.1) is 17.6 Å². The van der Waals surface area contributed by atoms with Crippen molar-refractivity contribution in [3.63, 3.8) is 0 Å². The Morgan fingerprint density at radius 3 is 2.58 bits per heavy atom. The van der Waals surface area contributed by atoms with E-state index in [-0.39, 0.29) is 11.6 Å². The second kappa shape index (κ2) is 6.47. The molecule has 1 aliphatic rings. The van der Waals surface area contributed by atoms with Gasteiger partial charge >= 0.3 is 0 Å². The van der Waals surface area contributed by atoms with Crippen molar-refractivity contribution < 1.29 is 8.78 Å². The second-order valence-electron chi connectivity index (χ2n) is 5.94. The summed E-state index contributed by atoms with van der Waals surface area (Å²) in [5.41, 5.74) is 0.200. The minimum absolute atomic E-state index is 0.0988. The molecular formula is C16H23F2N. The highest BCUT2D eigenvalue weighted by atomic mass is 19.1. The summed E-state index contributed by atoms with van der Waals surface area (Å²) in [4.78, 5) is 0. The van der Waals surface area contributed by atoms with Crippen LogP contribution in [0.4, 0.5) is 8.78 Å². The maximum atomic E-state index is 13.6. The lowest BCUT2D eigenvalue weighted by Gasteiger charge is -2.30. The first kappa shape index (κ1) is 14.4. The van der Waals surface area contributed by atoms with Crippen LogP contribution in [0.5, 0.6) is 0 Å². The van der Waals surface area contributed by atoms with Crippen molar-refractivity contribution in [3.8, 4) is 0 Å². The molecule has 0 saturated heterocycles. The molecule has 3 unspecified atom stereocenters. The highest BCUT2D eigenvalue weighted by Gasteiger charge is 2.21. The highest BCUT2D eigenvalue weighted by molar-refractivity contribution is 5.20. The molecule has 19 heavy (non-hydrogen) atoms. The van der Waals surface area contributed by atoms with Gasteiger partial charge in [-0.25, -0.2) is 8.78 Å². The number of hydrogen-bond donors (Lipinski definition) is 1. The Hall–Kier alpha value is -0.960. The number of halogens is 2. The topological polar surface area (TPSA) is 12.0 Å². The summed E-state index contributed by atoms with van der Waals surface area (Å²) in [6.45, 7) is 4.28. The molecule has 106 valence electrons. The standard InChI is InChI=1S/C16H23F2N/c1-11-5-3-6-13(9-11)19-12(2)10-14-15(17)7-4-8-16(14)18/h4,7-8,11-13,19H,3,5-6,9-10H2,1-2H3. The van der Waals surface area contributed by atoms with Crippen molar-refractivity contribution >= 4 is 0 Å². The van der Waals surface area contributed by atoms with Crippen LogP contribution in [0.25, 0.3) is 0 Å². The van der Waals surface area contributed by atoms with Gasteiger partial charge in [0, 0.05) is 17.6 Å². The summed E-state index contributed by atoms with van der Waals surface area (Å²) in [7, 11) is 0. The summed E-state index contributed by atoms with van der Waals surface area (Å²) in [5, 5.41) is 3.52. The van der Waals surface area contributed by atoms with Gasteiger partial charge in [0.2, 0.25) is 0 Å². The smallest absolute Gasteiger partial charge is 0.129 e. The molecule has 1 fully saturated rings. The first-order valence-electron chi connectivity index (χ1n) is 7.25. The summed E-state index contributed by atoms with van der Waals surface area (Å²) in [6.07, 6.45) is 5.30. The maximum absolute atomic E-state index is 13.6. The molecule has 1 aromatic carbocycles. The molecule has 0 amide bonds. The minimum Gasteiger partial charge on any atom is -0.311 e. The van der Waals surface area contributed by atoms with E-state index in [2.05, 4.69) is 12.2 Å². The van der Waals surface area contributed by atoms with Crippen molar-refractivity contribution in [1.82, 2.24) is 5.32 Å². The molecule has 1 nitrogen and oxygen atoms in total. The summed E-state index contributed by atoms with van der Waals surface area (Å²) >= 11 is 0. The van der Waals surface area contributed by atoms with Gasteiger partial charge in [-0.1, -0.05) is 25.8 Å². The van der Waals surface area contributed by atoms with Gasteiger partial charge in [-0.15, -0.1) is 0 Å². The first-order chi connectivity index (χ1) is 9.06. The van der Waals surface area contributed by atoms with Crippen LogP contribution in [-0.2, 0) is 6.42 Å². The number of rotatable bonds is 4. The zero-order chi connectivity index (χ0) is 13.8. The monoisotopic (exact) mass is 267 g/mol. The van der Waals surface area contributed by atoms with Crippen molar-refractivity contribution in [3.05, 3.63) is 35.4 Å². The Kier molecular flexibility index (Phi) is 4.92. The first-order valence-corrected chi connectivity index (χ1v) is 7.25. The molecule has 0 bridgehead atoms. The van der Waals surface area contributed by atoms with E-state index in [4.69, 9.17) is 0 Å². The molecule has 0 spiro atoms. The minimum atomic E-state index is -0.439. The predicted molar refractivity (Wildman–Crippen MR) is 74.1 cm³/mol. The van der Waals surface area contributed by atoms with E-state index in [1.807, 2.05) is 6.92 Å². The molecule has 0 aromatic heterocycles. The van der Waals surface area contributed by atoms with Gasteiger partial charge in [-0.2, -0.15) is 0 Å². The predicted octanol–water partition coefficient (Wildman–Crippen LogP) is 4.06. The highest BCUT2D eigenvalue weighted by Crippen LogP contribution is 2.24. The molecular weight excluding hydrogens is 244 g/mol. The fourth-order valence-corrected chi connectivity index (χ4v) is 3.08. The van der Waals surface area contributed by atoms with Gasteiger partial charge in [-0.3, -0.25) is 0 Å². The Morgan fingerprint density at radius 2 is 1.95 bits per heavy atom. The van der Waals surface area contributed by atoms with E-state index in [9.17, 15) is 8.78 Å². The van der Waals surface area contributed by atoms with E-state index in [1.165, 1.54) is 43.9 Å². The lowest BCUT2D eigenvalue weighted by Crippen LogP contribution is -2.40. The van der Waals surface area contributed by atoms with Gasteiger partial charge in [0.1, 0.15) is 11.6 Å². The van der Waals surface area contributed by atoms with Crippen LogP contribution in [-0.4, -0.2) is 12.1 Å². The Balaban J connectivity index is 1.92. The average molecular weight is 267 g/mol. The summed E-state index contributed by atoms with van der Waals surface area (Å²) in [6, 6.07) is 4.66. The van der Waals surface area contributed by atoms with E-state index in [0.29, 0.717) is 12.5 Å². The third-order valence-electron chi connectivity index (χ3n) is 4.03. The fourth-order valence-electron chi connectivity index (χ4n) is 3.08. The van der Waals surface area contributed by atoms with Crippen molar-refractivity contribution in [2.75, 3.05) is 0 Å². The third kappa shape index (κ3) is 4.00. The average Bonchev–Trinajstić information content (AvgIpc) is 2.34. The van der Waals surface area contributed by atoms with E-state index in [1.54, 1.807) is 0 Å². The van der Waals surface area contributed by atoms with Crippen molar-refractivity contribution in [2.45, 2.75) is 58.0 Å². The zero-order valence-corrected chi connectivity index (χ0v) is 11.8. The molecule has 1 aromatic rings. The van der Waals surface area contributed by atoms with Crippen LogP contribution >= 0.6 is 0 Å². The molecule has 2 rings (SSSR count). The number of hydrogen-bond acceptors (Lipinski definition) is 1. The quantitative estimate of drug-likeness (QED) is 0.867. The van der Waals surface area contributed by atoms with E-state index in [0.717, 1.165) is 5.92 Å². The Bertz CT molecular complexity index is 399. The van der Waals surface area contributed by atoms with Gasteiger partial charge in [0.15, 0.2) is 0 Å². The van der Waals surface area contributed by atoms with Gasteiger partial charge < -0.3 is 5.32 Å². The fraction of sp³-hybridized carbons (Fsp3) is 0.625. The number of nitrogens with one attached hydrogen (secondary N) is 1. The van der Waals surface area contributed by atoms with Crippen molar-refractivity contribution in [1.29, 1.82) is 0 Å². The van der Waals surface area contributed by atoms with Crippen LogP contribution in [0.3, 0.4) is 0 Å². The molecule has 3 atom stereocenters. The molecule has 0 aliphatic heterocycles. The van der Waals surface area contributed by atoms with E-state index < -0.39 is 11.6 Å². The van der Waals surface area contributed by atoms with Crippen LogP contribution in [0.2, 0.25) is 0 Å². The summed E-state index contributed by atoms with van der Waals surface area (Å²) < 4.78 is 27.2. The van der Waals surface area contributed by atoms with Gasteiger partial charge in [-0.05, 0) is 44.2 Å². The third-order valence-corrected chi connectivity index (χ3v) is 4.03. The molecule has 0 heterocycles. The zero-order valence-electron chi connectivity index (χ0n) is 11.8. The maximum Gasteiger partial charge on any atom is 0.129 e. The Morgan fingerprint density at radius 1 is 1.26 bits per heavy atom. The molecule has 0 radical (unpaired) electrons. The normalized spacial score (nSPS) is 25.3. The Labute approximate surface area is 114 Å². The second-order valence-corrected chi connectivity index (χ2v) is 5.94. The van der Waals surface area contributed by atoms with Crippen LogP contribution < -0.4 is 5.32 Å². The molecule has 1 N–H and O–H groups in total. The van der Waals surface area contributed by atoms with Crippen LogP contribution in [0.15, 0.2) is 18.2 Å². The molecule has 3 heteroatoms. The van der Waals surface area contributed by atoms with Crippen LogP contribution in [0.1, 0.15) is 45.1 Å². The van der Waals surface area contributed by atoms with Crippen molar-refractivity contribution in [2.24, 2.45) is 5.92 Å².